The van der Waals surface area contributed by atoms with Crippen molar-refractivity contribution in [1.29, 1.82) is 0 Å². The Morgan fingerprint density at radius 1 is 1.75 bits per heavy atom. The highest BCUT2D eigenvalue weighted by molar-refractivity contribution is 5.09. The van der Waals surface area contributed by atoms with Crippen LogP contribution in [-0.2, 0) is 6.42 Å². The third kappa shape index (κ3) is 2.09. The molecule has 0 bridgehead atoms. The highest BCUT2D eigenvalue weighted by atomic mass is 16.3. The Kier molecular flexibility index (Phi) is 2.55. The van der Waals surface area contributed by atoms with Crippen molar-refractivity contribution >= 4 is 0 Å². The number of hydrogen-bond acceptors (Lipinski definition) is 3. The van der Waals surface area contributed by atoms with Gasteiger partial charge in [-0.05, 0) is 25.5 Å². The van der Waals surface area contributed by atoms with Crippen molar-refractivity contribution in [3.8, 4) is 0 Å². The molecular formula is C9H15NO2. The van der Waals surface area contributed by atoms with Gasteiger partial charge in [0, 0.05) is 12.5 Å². The van der Waals surface area contributed by atoms with E-state index in [1.807, 2.05) is 6.07 Å². The van der Waals surface area contributed by atoms with Gasteiger partial charge >= 0.3 is 0 Å². The Morgan fingerprint density at radius 3 is 2.83 bits per heavy atom. The van der Waals surface area contributed by atoms with Crippen LogP contribution < -0.4 is 5.73 Å². The first-order chi connectivity index (χ1) is 5.52. The molecule has 3 heteroatoms. The van der Waals surface area contributed by atoms with E-state index in [9.17, 15) is 5.11 Å². The quantitative estimate of drug-likeness (QED) is 0.707. The lowest BCUT2D eigenvalue weighted by atomic mass is 9.92. The molecule has 2 unspecified atom stereocenters. The van der Waals surface area contributed by atoms with Crippen LogP contribution >= 0.6 is 0 Å². The minimum Gasteiger partial charge on any atom is -0.472 e. The van der Waals surface area contributed by atoms with E-state index in [0.29, 0.717) is 6.42 Å². The summed E-state index contributed by atoms with van der Waals surface area (Å²) in [6.07, 6.45) is 3.74. The fourth-order valence-electron chi connectivity index (χ4n) is 0.967. The van der Waals surface area contributed by atoms with Crippen LogP contribution in [0.1, 0.15) is 19.4 Å². The van der Waals surface area contributed by atoms with Crippen LogP contribution in [0.4, 0.5) is 0 Å². The van der Waals surface area contributed by atoms with Crippen molar-refractivity contribution in [3.63, 3.8) is 0 Å². The van der Waals surface area contributed by atoms with E-state index < -0.39 is 5.60 Å². The number of furan rings is 1. The molecule has 0 aliphatic carbocycles. The van der Waals surface area contributed by atoms with Gasteiger partial charge in [-0.3, -0.25) is 0 Å². The Bertz CT molecular complexity index is 227. The van der Waals surface area contributed by atoms with Gasteiger partial charge in [-0.1, -0.05) is 0 Å². The third-order valence-electron chi connectivity index (χ3n) is 2.12. The third-order valence-corrected chi connectivity index (χ3v) is 2.12. The summed E-state index contributed by atoms with van der Waals surface area (Å²) >= 11 is 0. The maximum Gasteiger partial charge on any atom is 0.0935 e. The van der Waals surface area contributed by atoms with E-state index in [-0.39, 0.29) is 6.04 Å². The van der Waals surface area contributed by atoms with E-state index in [0.717, 1.165) is 5.56 Å². The molecule has 0 radical (unpaired) electrons. The van der Waals surface area contributed by atoms with Gasteiger partial charge in [0.15, 0.2) is 0 Å². The second kappa shape index (κ2) is 3.29. The van der Waals surface area contributed by atoms with Gasteiger partial charge in [0.1, 0.15) is 0 Å². The molecule has 68 valence electrons. The maximum absolute atomic E-state index is 9.80. The van der Waals surface area contributed by atoms with Crippen molar-refractivity contribution < 1.29 is 9.52 Å². The van der Waals surface area contributed by atoms with Crippen molar-refractivity contribution in [2.45, 2.75) is 31.9 Å². The van der Waals surface area contributed by atoms with Crippen molar-refractivity contribution in [2.75, 3.05) is 0 Å². The minimum atomic E-state index is -0.857. The molecule has 0 saturated heterocycles. The Labute approximate surface area is 72.2 Å². The number of rotatable bonds is 3. The number of nitrogens with two attached hydrogens (primary N) is 1. The van der Waals surface area contributed by atoms with Crippen LogP contribution in [0.2, 0.25) is 0 Å². The summed E-state index contributed by atoms with van der Waals surface area (Å²) in [5, 5.41) is 9.80. The first-order valence-corrected chi connectivity index (χ1v) is 4.01. The van der Waals surface area contributed by atoms with Gasteiger partial charge in [-0.25, -0.2) is 0 Å². The lowest BCUT2D eigenvalue weighted by molar-refractivity contribution is 0.0387. The molecule has 0 fully saturated rings. The molecule has 0 saturated carbocycles. The highest BCUT2D eigenvalue weighted by Crippen LogP contribution is 2.15. The van der Waals surface area contributed by atoms with E-state index in [2.05, 4.69) is 0 Å². The molecular weight excluding hydrogens is 154 g/mol. The van der Waals surface area contributed by atoms with Crippen molar-refractivity contribution in [1.82, 2.24) is 0 Å². The predicted molar refractivity (Wildman–Crippen MR) is 46.7 cm³/mol. The maximum atomic E-state index is 9.80. The molecule has 0 amide bonds. The summed E-state index contributed by atoms with van der Waals surface area (Å²) in [4.78, 5) is 0. The largest absolute Gasteiger partial charge is 0.472 e. The van der Waals surface area contributed by atoms with E-state index in [1.54, 1.807) is 26.4 Å². The lowest BCUT2D eigenvalue weighted by Gasteiger charge is -2.26. The summed E-state index contributed by atoms with van der Waals surface area (Å²) in [6.45, 7) is 3.52. The van der Waals surface area contributed by atoms with Crippen LogP contribution in [0, 0.1) is 0 Å². The smallest absolute Gasteiger partial charge is 0.0935 e. The Morgan fingerprint density at radius 2 is 2.42 bits per heavy atom. The highest BCUT2D eigenvalue weighted by Gasteiger charge is 2.25. The van der Waals surface area contributed by atoms with Crippen LogP contribution in [0.15, 0.2) is 23.0 Å². The fraction of sp³-hybridized carbons (Fsp3) is 0.556. The summed E-state index contributed by atoms with van der Waals surface area (Å²) in [7, 11) is 0. The normalized spacial score (nSPS) is 18.7. The number of aliphatic hydroxyl groups is 1. The zero-order chi connectivity index (χ0) is 9.19. The van der Waals surface area contributed by atoms with E-state index >= 15 is 0 Å². The lowest BCUT2D eigenvalue weighted by Crippen LogP contribution is -2.45. The fourth-order valence-corrected chi connectivity index (χ4v) is 0.967. The first kappa shape index (κ1) is 9.29. The van der Waals surface area contributed by atoms with E-state index in [4.69, 9.17) is 10.2 Å². The molecule has 1 aromatic rings. The van der Waals surface area contributed by atoms with Crippen molar-refractivity contribution in [3.05, 3.63) is 24.2 Å². The topological polar surface area (TPSA) is 59.4 Å². The van der Waals surface area contributed by atoms with Crippen molar-refractivity contribution in [2.24, 2.45) is 5.73 Å². The standard InChI is InChI=1S/C9H15NO2/c1-7(10)9(2,11)5-8-3-4-12-6-8/h3-4,6-7,11H,5,10H2,1-2H3. The number of hydrogen-bond donors (Lipinski definition) is 2. The molecule has 12 heavy (non-hydrogen) atoms. The second-order valence-electron chi connectivity index (χ2n) is 3.45. The summed E-state index contributed by atoms with van der Waals surface area (Å²) in [5.41, 5.74) is 5.72. The van der Waals surface area contributed by atoms with Gasteiger partial charge in [-0.15, -0.1) is 0 Å². The molecule has 3 nitrogen and oxygen atoms in total. The molecule has 1 heterocycles. The van der Waals surface area contributed by atoms with Gasteiger partial charge < -0.3 is 15.3 Å². The molecule has 2 atom stereocenters. The van der Waals surface area contributed by atoms with Crippen LogP contribution in [0.3, 0.4) is 0 Å². The molecule has 1 aromatic heterocycles. The zero-order valence-electron chi connectivity index (χ0n) is 7.45. The summed E-state index contributed by atoms with van der Waals surface area (Å²) in [6, 6.07) is 1.59. The van der Waals surface area contributed by atoms with Crippen LogP contribution in [0.25, 0.3) is 0 Å². The molecule has 1 rings (SSSR count). The minimum absolute atomic E-state index is 0.243. The Hall–Kier alpha value is -0.800. The average Bonchev–Trinajstić information content (AvgIpc) is 2.38. The molecule has 0 spiro atoms. The predicted octanol–water partition coefficient (Wildman–Crippen LogP) is 0.920. The zero-order valence-corrected chi connectivity index (χ0v) is 7.45. The van der Waals surface area contributed by atoms with Crippen LogP contribution in [-0.4, -0.2) is 16.7 Å². The molecule has 0 aliphatic rings. The van der Waals surface area contributed by atoms with Gasteiger partial charge in [0.2, 0.25) is 0 Å². The molecule has 0 aromatic carbocycles. The average molecular weight is 169 g/mol. The summed E-state index contributed by atoms with van der Waals surface area (Å²) < 4.78 is 4.89. The molecule has 0 aliphatic heterocycles. The van der Waals surface area contributed by atoms with Crippen LogP contribution in [0.5, 0.6) is 0 Å². The monoisotopic (exact) mass is 169 g/mol. The van der Waals surface area contributed by atoms with E-state index in [1.165, 1.54) is 0 Å². The molecule has 3 N–H and O–H groups in total. The van der Waals surface area contributed by atoms with Gasteiger partial charge in [0.05, 0.1) is 18.1 Å². The van der Waals surface area contributed by atoms with Gasteiger partial charge in [0.25, 0.3) is 0 Å². The first-order valence-electron chi connectivity index (χ1n) is 4.01. The Balaban J connectivity index is 2.62. The van der Waals surface area contributed by atoms with Gasteiger partial charge in [-0.2, -0.15) is 0 Å². The SMILES string of the molecule is CC(N)C(C)(O)Cc1ccoc1. The second-order valence-corrected chi connectivity index (χ2v) is 3.45. The summed E-state index contributed by atoms with van der Waals surface area (Å²) in [5.74, 6) is 0.